The van der Waals surface area contributed by atoms with E-state index in [0.717, 1.165) is 12.5 Å². The van der Waals surface area contributed by atoms with E-state index in [2.05, 4.69) is 43.7 Å². The highest BCUT2D eigenvalue weighted by molar-refractivity contribution is 5.04. The van der Waals surface area contributed by atoms with E-state index in [1.807, 2.05) is 0 Å². The van der Waals surface area contributed by atoms with Crippen LogP contribution < -0.4 is 0 Å². The number of nitrogens with zero attached hydrogens (tertiary/aromatic N) is 1. The van der Waals surface area contributed by atoms with Crippen LogP contribution in [0.5, 0.6) is 0 Å². The summed E-state index contributed by atoms with van der Waals surface area (Å²) in [6.07, 6.45) is 2.13. The molecule has 1 rings (SSSR count). The highest BCUT2D eigenvalue weighted by Crippen LogP contribution is 2.04. The molecule has 1 heterocycles. The summed E-state index contributed by atoms with van der Waals surface area (Å²) in [6, 6.07) is 4.24. The van der Waals surface area contributed by atoms with E-state index >= 15 is 0 Å². The summed E-state index contributed by atoms with van der Waals surface area (Å²) in [7, 11) is 0. The normalized spacial score (nSPS) is 10.8. The topological polar surface area (TPSA) is 4.93 Å². The molecule has 1 aromatic heterocycles. The van der Waals surface area contributed by atoms with Crippen LogP contribution in [0.2, 0.25) is 0 Å². The van der Waals surface area contributed by atoms with Gasteiger partial charge in [0.05, 0.1) is 0 Å². The minimum Gasteiger partial charge on any atom is -0.351 e. The average Bonchev–Trinajstić information content (AvgIpc) is 2.15. The summed E-state index contributed by atoms with van der Waals surface area (Å²) in [4.78, 5) is 0. The molecule has 0 bridgehead atoms. The van der Waals surface area contributed by atoms with Gasteiger partial charge in [0.25, 0.3) is 0 Å². The molecular weight excluding hydrogens is 122 g/mol. The van der Waals surface area contributed by atoms with Crippen LogP contribution in [0.25, 0.3) is 0 Å². The Labute approximate surface area is 62.7 Å². The predicted molar refractivity (Wildman–Crippen MR) is 44.0 cm³/mol. The molecule has 10 heavy (non-hydrogen) atoms. The lowest BCUT2D eigenvalue weighted by atomic mass is 10.2. The second kappa shape index (κ2) is 2.91. The Balaban J connectivity index is 2.65. The predicted octanol–water partition coefficient (Wildman–Crippen LogP) is 2.45. The van der Waals surface area contributed by atoms with Gasteiger partial charge in [0.15, 0.2) is 0 Å². The van der Waals surface area contributed by atoms with E-state index in [4.69, 9.17) is 0 Å². The van der Waals surface area contributed by atoms with E-state index in [1.54, 1.807) is 0 Å². The molecule has 0 aliphatic heterocycles. The Morgan fingerprint density at radius 1 is 1.50 bits per heavy atom. The fraction of sp³-hybridized carbons (Fsp3) is 0.556. The molecule has 1 heteroatoms. The number of hydrogen-bond acceptors (Lipinski definition) is 0. The molecule has 0 aliphatic rings. The first kappa shape index (κ1) is 7.39. The summed E-state index contributed by atoms with van der Waals surface area (Å²) >= 11 is 0. The fourth-order valence-corrected chi connectivity index (χ4v) is 1.10. The van der Waals surface area contributed by atoms with Crippen molar-refractivity contribution in [3.8, 4) is 0 Å². The lowest BCUT2D eigenvalue weighted by Gasteiger charge is -2.07. The van der Waals surface area contributed by atoms with Gasteiger partial charge in [0.1, 0.15) is 0 Å². The zero-order valence-electron chi connectivity index (χ0n) is 6.96. The van der Waals surface area contributed by atoms with Gasteiger partial charge in [-0.05, 0) is 25.0 Å². The van der Waals surface area contributed by atoms with Crippen molar-refractivity contribution in [3.05, 3.63) is 24.0 Å². The maximum atomic E-state index is 2.28. The van der Waals surface area contributed by atoms with Gasteiger partial charge in [-0.25, -0.2) is 0 Å². The van der Waals surface area contributed by atoms with Gasteiger partial charge >= 0.3 is 0 Å². The number of aryl methyl sites for hydroxylation is 1. The minimum atomic E-state index is 0.742. The molecule has 0 N–H and O–H groups in total. The third-order valence-corrected chi connectivity index (χ3v) is 1.62. The fourth-order valence-electron chi connectivity index (χ4n) is 1.10. The Morgan fingerprint density at radius 3 is 2.60 bits per heavy atom. The SMILES string of the molecule is Cc1cccn1CC(C)C. The first-order valence-electron chi connectivity index (χ1n) is 3.82. The smallest absolute Gasteiger partial charge is 0.0245 e. The van der Waals surface area contributed by atoms with Gasteiger partial charge in [-0.1, -0.05) is 13.8 Å². The molecule has 0 saturated carbocycles. The van der Waals surface area contributed by atoms with E-state index in [0.29, 0.717) is 0 Å². The standard InChI is InChI=1S/C9H15N/c1-8(2)7-10-6-4-5-9(10)3/h4-6,8H,7H2,1-3H3. The van der Waals surface area contributed by atoms with Crippen LogP contribution >= 0.6 is 0 Å². The molecule has 0 unspecified atom stereocenters. The molecule has 0 aliphatic carbocycles. The van der Waals surface area contributed by atoms with E-state index < -0.39 is 0 Å². The third kappa shape index (κ3) is 1.63. The molecule has 0 amide bonds. The second-order valence-electron chi connectivity index (χ2n) is 3.20. The molecule has 56 valence electrons. The van der Waals surface area contributed by atoms with Crippen LogP contribution in [0, 0.1) is 12.8 Å². The first-order chi connectivity index (χ1) is 4.70. The molecule has 1 nitrogen and oxygen atoms in total. The summed E-state index contributed by atoms with van der Waals surface area (Å²) in [5, 5.41) is 0. The zero-order chi connectivity index (χ0) is 7.56. The van der Waals surface area contributed by atoms with Crippen molar-refractivity contribution >= 4 is 0 Å². The maximum absolute atomic E-state index is 2.28. The van der Waals surface area contributed by atoms with Crippen LogP contribution in [-0.4, -0.2) is 4.57 Å². The van der Waals surface area contributed by atoms with Crippen LogP contribution in [-0.2, 0) is 6.54 Å². The van der Waals surface area contributed by atoms with Crippen LogP contribution in [0.15, 0.2) is 18.3 Å². The monoisotopic (exact) mass is 137 g/mol. The highest BCUT2D eigenvalue weighted by Gasteiger charge is 1.96. The van der Waals surface area contributed by atoms with Crippen LogP contribution in [0.4, 0.5) is 0 Å². The Kier molecular flexibility index (Phi) is 2.15. The molecule has 0 atom stereocenters. The third-order valence-electron chi connectivity index (χ3n) is 1.62. The lowest BCUT2D eigenvalue weighted by molar-refractivity contribution is 0.517. The van der Waals surface area contributed by atoms with Crippen molar-refractivity contribution in [1.29, 1.82) is 0 Å². The van der Waals surface area contributed by atoms with Crippen molar-refractivity contribution in [3.63, 3.8) is 0 Å². The molecule has 0 aromatic carbocycles. The summed E-state index contributed by atoms with van der Waals surface area (Å²) in [6.45, 7) is 7.75. The van der Waals surface area contributed by atoms with Gasteiger partial charge in [0, 0.05) is 18.4 Å². The molecule has 0 fully saturated rings. The van der Waals surface area contributed by atoms with Crippen LogP contribution in [0.1, 0.15) is 19.5 Å². The van der Waals surface area contributed by atoms with Gasteiger partial charge < -0.3 is 4.57 Å². The van der Waals surface area contributed by atoms with Crippen molar-refractivity contribution in [2.45, 2.75) is 27.3 Å². The molecule has 0 radical (unpaired) electrons. The Morgan fingerprint density at radius 2 is 2.20 bits per heavy atom. The van der Waals surface area contributed by atoms with Crippen molar-refractivity contribution in [2.75, 3.05) is 0 Å². The number of aromatic nitrogens is 1. The number of hydrogen-bond donors (Lipinski definition) is 0. The quantitative estimate of drug-likeness (QED) is 0.590. The van der Waals surface area contributed by atoms with Crippen molar-refractivity contribution < 1.29 is 0 Å². The van der Waals surface area contributed by atoms with E-state index in [9.17, 15) is 0 Å². The average molecular weight is 137 g/mol. The highest BCUT2D eigenvalue weighted by atomic mass is 15.0. The maximum Gasteiger partial charge on any atom is 0.0245 e. The molecule has 0 saturated heterocycles. The van der Waals surface area contributed by atoms with Gasteiger partial charge in [-0.2, -0.15) is 0 Å². The van der Waals surface area contributed by atoms with Crippen molar-refractivity contribution in [2.24, 2.45) is 5.92 Å². The Hall–Kier alpha value is -0.720. The first-order valence-corrected chi connectivity index (χ1v) is 3.82. The number of rotatable bonds is 2. The van der Waals surface area contributed by atoms with Gasteiger partial charge in [0.2, 0.25) is 0 Å². The Bertz CT molecular complexity index is 198. The summed E-state index contributed by atoms with van der Waals surface area (Å²) < 4.78 is 2.28. The van der Waals surface area contributed by atoms with Crippen LogP contribution in [0.3, 0.4) is 0 Å². The summed E-state index contributed by atoms with van der Waals surface area (Å²) in [5.41, 5.74) is 1.36. The second-order valence-corrected chi connectivity index (χ2v) is 3.20. The van der Waals surface area contributed by atoms with Gasteiger partial charge in [-0.15, -0.1) is 0 Å². The van der Waals surface area contributed by atoms with Gasteiger partial charge in [-0.3, -0.25) is 0 Å². The minimum absolute atomic E-state index is 0.742. The largest absolute Gasteiger partial charge is 0.351 e. The molecular formula is C9H15N. The van der Waals surface area contributed by atoms with E-state index in [1.165, 1.54) is 5.69 Å². The molecule has 1 aromatic rings. The van der Waals surface area contributed by atoms with E-state index in [-0.39, 0.29) is 0 Å². The summed E-state index contributed by atoms with van der Waals surface area (Å²) in [5.74, 6) is 0.742. The van der Waals surface area contributed by atoms with Crippen molar-refractivity contribution in [1.82, 2.24) is 4.57 Å². The molecule has 0 spiro atoms. The zero-order valence-corrected chi connectivity index (χ0v) is 6.96. The lowest BCUT2D eigenvalue weighted by Crippen LogP contribution is -2.03.